The lowest BCUT2D eigenvalue weighted by Crippen LogP contribution is -2.36. The van der Waals surface area contributed by atoms with Gasteiger partial charge in [0.05, 0.1) is 11.6 Å². The van der Waals surface area contributed by atoms with Crippen LogP contribution in [0.5, 0.6) is 0 Å². The highest BCUT2D eigenvalue weighted by atomic mass is 19.4. The van der Waals surface area contributed by atoms with Gasteiger partial charge in [0.15, 0.2) is 0 Å². The molecule has 134 valence electrons. The highest BCUT2D eigenvalue weighted by molar-refractivity contribution is 6.08. The van der Waals surface area contributed by atoms with E-state index in [2.05, 4.69) is 15.4 Å². The molecule has 0 aliphatic carbocycles. The smallest absolute Gasteiger partial charge is 0.317 e. The zero-order chi connectivity index (χ0) is 16.9. The number of amides is 1. The van der Waals surface area contributed by atoms with Crippen LogP contribution in [0, 0.1) is 5.92 Å². The molecule has 2 heterocycles. The molecule has 0 saturated heterocycles. The van der Waals surface area contributed by atoms with Gasteiger partial charge >= 0.3 is 6.18 Å². The van der Waals surface area contributed by atoms with E-state index in [1.165, 1.54) is 0 Å². The Morgan fingerprint density at radius 3 is 2.67 bits per heavy atom. The van der Waals surface area contributed by atoms with Crippen molar-refractivity contribution in [1.82, 2.24) is 15.3 Å². The predicted molar refractivity (Wildman–Crippen MR) is 86.5 cm³/mol. The Morgan fingerprint density at radius 2 is 2.08 bits per heavy atom. The third-order valence-corrected chi connectivity index (χ3v) is 3.48. The molecule has 1 unspecified atom stereocenters. The summed E-state index contributed by atoms with van der Waals surface area (Å²) in [5.74, 6) is -1.29. The number of carbonyl (C=O) groups excluding carboxylic acids is 1. The number of carbonyl (C=O) groups is 1. The summed E-state index contributed by atoms with van der Waals surface area (Å²) in [6, 6.07) is 5.28. The molecule has 24 heavy (non-hydrogen) atoms. The van der Waals surface area contributed by atoms with E-state index in [0.717, 1.165) is 6.54 Å². The maximum absolute atomic E-state index is 12.6. The van der Waals surface area contributed by atoms with Gasteiger partial charge in [0.25, 0.3) is 5.91 Å². The summed E-state index contributed by atoms with van der Waals surface area (Å²) in [4.78, 5) is 16.4. The van der Waals surface area contributed by atoms with E-state index < -0.39 is 24.5 Å². The zero-order valence-corrected chi connectivity index (χ0v) is 12.8. The number of nitrogens with one attached hydrogen (secondary N) is 1. The van der Waals surface area contributed by atoms with Crippen molar-refractivity contribution in [1.29, 1.82) is 0 Å². The van der Waals surface area contributed by atoms with E-state index in [1.54, 1.807) is 24.4 Å². The first-order chi connectivity index (χ1) is 10.9. The molecule has 1 aliphatic rings. The largest absolute Gasteiger partial charge is 0.408 e. The second-order valence-electron chi connectivity index (χ2n) is 5.28. The van der Waals surface area contributed by atoms with Crippen molar-refractivity contribution in [2.75, 3.05) is 19.6 Å². The zero-order valence-electron chi connectivity index (χ0n) is 12.8. The Hall–Kier alpha value is -1.96. The number of hydrogen-bond donors (Lipinski definition) is 1. The third kappa shape index (κ3) is 5.59. The van der Waals surface area contributed by atoms with E-state index >= 15 is 0 Å². The van der Waals surface area contributed by atoms with Gasteiger partial charge in [0.1, 0.15) is 6.54 Å². The number of pyridine rings is 1. The molecule has 0 aromatic carbocycles. The number of halogens is 3. The number of hydrazone groups is 1. The van der Waals surface area contributed by atoms with Crippen molar-refractivity contribution in [3.8, 4) is 0 Å². The van der Waals surface area contributed by atoms with Gasteiger partial charge in [-0.3, -0.25) is 9.78 Å². The van der Waals surface area contributed by atoms with E-state index in [9.17, 15) is 18.0 Å². The highest BCUT2D eigenvalue weighted by Gasteiger charge is 2.41. The van der Waals surface area contributed by atoms with Crippen molar-refractivity contribution in [3.05, 3.63) is 30.1 Å². The van der Waals surface area contributed by atoms with Crippen LogP contribution in [-0.2, 0) is 11.2 Å². The minimum absolute atomic E-state index is 0. The molecule has 2 rings (SSSR count). The molecule has 1 amide bonds. The van der Waals surface area contributed by atoms with Gasteiger partial charge in [-0.2, -0.15) is 18.3 Å². The molecule has 8 heteroatoms. The molecule has 1 aromatic heterocycles. The lowest BCUT2D eigenvalue weighted by atomic mass is 9.95. The quantitative estimate of drug-likeness (QED) is 0.774. The molecule has 1 aromatic rings. The molecular weight excluding hydrogens is 321 g/mol. The molecule has 0 spiro atoms. The van der Waals surface area contributed by atoms with Crippen LogP contribution in [-0.4, -0.2) is 47.4 Å². The van der Waals surface area contributed by atoms with Crippen LogP contribution in [0.15, 0.2) is 29.5 Å². The van der Waals surface area contributed by atoms with Crippen molar-refractivity contribution >= 4 is 11.6 Å². The van der Waals surface area contributed by atoms with Gasteiger partial charge < -0.3 is 5.32 Å². The van der Waals surface area contributed by atoms with E-state index in [1.807, 2.05) is 6.92 Å². The molecule has 0 saturated carbocycles. The maximum Gasteiger partial charge on any atom is 0.408 e. The first-order valence-corrected chi connectivity index (χ1v) is 7.47. The topological polar surface area (TPSA) is 57.6 Å². The van der Waals surface area contributed by atoms with Crippen molar-refractivity contribution in [2.45, 2.75) is 33.4 Å². The molecule has 1 aliphatic heterocycles. The van der Waals surface area contributed by atoms with Gasteiger partial charge in [0.2, 0.25) is 0 Å². The molecule has 0 radical (unpaired) electrons. The van der Waals surface area contributed by atoms with Gasteiger partial charge in [0, 0.05) is 31.3 Å². The van der Waals surface area contributed by atoms with Crippen LogP contribution in [0.25, 0.3) is 0 Å². The Bertz CT molecular complexity index is 560. The first kappa shape index (κ1) is 20.1. The number of nitrogens with zero attached hydrogens (tertiary/aromatic N) is 3. The summed E-state index contributed by atoms with van der Waals surface area (Å²) >= 11 is 0. The second kappa shape index (κ2) is 8.77. The third-order valence-electron chi connectivity index (χ3n) is 3.48. The molecule has 5 nitrogen and oxygen atoms in total. The van der Waals surface area contributed by atoms with Crippen LogP contribution in [0.2, 0.25) is 0 Å². The van der Waals surface area contributed by atoms with Crippen LogP contribution in [0.3, 0.4) is 0 Å². The summed E-state index contributed by atoms with van der Waals surface area (Å²) in [5.41, 5.74) is 1.14. The number of alkyl halides is 3. The highest BCUT2D eigenvalue weighted by Crippen LogP contribution is 2.25. The van der Waals surface area contributed by atoms with Crippen LogP contribution < -0.4 is 5.32 Å². The Labute approximate surface area is 139 Å². The SMILES string of the molecule is C.CCNCCC1=NN(CC(F)(F)F)C(=O)C1Cc1ccccn1. The first-order valence-electron chi connectivity index (χ1n) is 7.47. The average Bonchev–Trinajstić information content (AvgIpc) is 2.76. The average molecular weight is 344 g/mol. The van der Waals surface area contributed by atoms with Gasteiger partial charge in [-0.25, -0.2) is 5.01 Å². The summed E-state index contributed by atoms with van der Waals surface area (Å²) in [6.07, 6.45) is -2.17. The van der Waals surface area contributed by atoms with E-state index in [0.29, 0.717) is 29.4 Å². The van der Waals surface area contributed by atoms with Crippen LogP contribution >= 0.6 is 0 Å². The van der Waals surface area contributed by atoms with Gasteiger partial charge in [-0.1, -0.05) is 20.4 Å². The molecule has 0 bridgehead atoms. The Morgan fingerprint density at radius 1 is 1.33 bits per heavy atom. The fourth-order valence-electron chi connectivity index (χ4n) is 2.43. The molecule has 0 fully saturated rings. The van der Waals surface area contributed by atoms with Crippen molar-refractivity contribution < 1.29 is 18.0 Å². The summed E-state index contributed by atoms with van der Waals surface area (Å²) in [7, 11) is 0. The molecular formula is C16H23F3N4O. The van der Waals surface area contributed by atoms with Crippen LogP contribution in [0.4, 0.5) is 13.2 Å². The number of hydrogen-bond acceptors (Lipinski definition) is 4. The summed E-state index contributed by atoms with van der Waals surface area (Å²) < 4.78 is 37.7. The fourth-order valence-corrected chi connectivity index (χ4v) is 2.43. The normalized spacial score (nSPS) is 17.7. The summed E-state index contributed by atoms with van der Waals surface area (Å²) in [6.45, 7) is 1.90. The Balaban J connectivity index is 0.00000288. The lowest BCUT2D eigenvalue weighted by molar-refractivity contribution is -0.160. The van der Waals surface area contributed by atoms with Gasteiger partial charge in [-0.15, -0.1) is 0 Å². The van der Waals surface area contributed by atoms with Crippen molar-refractivity contribution in [2.24, 2.45) is 11.0 Å². The molecule has 1 N–H and O–H groups in total. The van der Waals surface area contributed by atoms with Crippen LogP contribution in [0.1, 0.15) is 26.5 Å². The van der Waals surface area contributed by atoms with E-state index in [-0.39, 0.29) is 13.8 Å². The fraction of sp³-hybridized carbons (Fsp3) is 0.562. The minimum Gasteiger partial charge on any atom is -0.317 e. The number of rotatable bonds is 7. The van der Waals surface area contributed by atoms with Crippen molar-refractivity contribution in [3.63, 3.8) is 0 Å². The van der Waals surface area contributed by atoms with E-state index in [4.69, 9.17) is 0 Å². The maximum atomic E-state index is 12.6. The minimum atomic E-state index is -4.47. The summed E-state index contributed by atoms with van der Waals surface area (Å²) in [5, 5.41) is 7.54. The van der Waals surface area contributed by atoms with Gasteiger partial charge in [-0.05, 0) is 18.7 Å². The standard InChI is InChI=1S/C15H19F3N4O.CH4/c1-2-19-8-6-13-12(9-11-5-3-4-7-20-11)14(23)22(21-13)10-15(16,17)18;/h3-5,7,12,19H,2,6,8-10H2,1H3;1H4. The monoisotopic (exact) mass is 344 g/mol. The second-order valence-corrected chi connectivity index (χ2v) is 5.28. The Kier molecular flexibility index (Phi) is 7.34. The number of aromatic nitrogens is 1. The molecule has 1 atom stereocenters. The lowest BCUT2D eigenvalue weighted by Gasteiger charge is -2.16. The predicted octanol–water partition coefficient (Wildman–Crippen LogP) is 2.64.